The molecule has 1 aromatic carbocycles. The first-order valence-electron chi connectivity index (χ1n) is 8.49. The van der Waals surface area contributed by atoms with Crippen molar-refractivity contribution < 1.29 is 32.2 Å². The third-order valence-electron chi connectivity index (χ3n) is 4.18. The predicted molar refractivity (Wildman–Crippen MR) is 101 cm³/mol. The number of rotatable bonds is 10. The van der Waals surface area contributed by atoms with Crippen LogP contribution in [-0.2, 0) is 13.8 Å². The summed E-state index contributed by atoms with van der Waals surface area (Å²) in [5, 5.41) is 10.2. The van der Waals surface area contributed by atoms with Crippen molar-refractivity contribution in [3.8, 4) is 5.75 Å². The van der Waals surface area contributed by atoms with Gasteiger partial charge >= 0.3 is 13.9 Å². The zero-order valence-electron chi connectivity index (χ0n) is 15.7. The summed E-state index contributed by atoms with van der Waals surface area (Å²) in [7, 11) is -1.99. The number of benzene rings is 1. The summed E-state index contributed by atoms with van der Waals surface area (Å²) in [6.07, 6.45) is -2.86. The van der Waals surface area contributed by atoms with Gasteiger partial charge in [0.15, 0.2) is 0 Å². The number of nitrogens with two attached hydrogens (primary N) is 1. The zero-order chi connectivity index (χ0) is 21.6. The van der Waals surface area contributed by atoms with Crippen LogP contribution in [0.5, 0.6) is 5.75 Å². The molecule has 1 heterocycles. The molecule has 0 amide bonds. The number of para-hydroxylation sites is 1. The van der Waals surface area contributed by atoms with E-state index in [9.17, 15) is 23.2 Å². The van der Waals surface area contributed by atoms with Crippen LogP contribution in [0.3, 0.4) is 0 Å². The molecular formula is C17H22F2N3O6P. The number of methoxy groups -OCH3 is 1. The number of aromatic nitrogens is 2. The SMILES string of the molecule is COC(CO[PH](=O)Oc1ccccc1)[C@H](O)C(F)(F)[C@@H](C)n1ccc(N)nc1=O. The smallest absolute Gasteiger partial charge is 0.367 e. The number of anilines is 1. The Morgan fingerprint density at radius 1 is 1.31 bits per heavy atom. The van der Waals surface area contributed by atoms with E-state index in [1.165, 1.54) is 6.07 Å². The number of nitrogens with zero attached hydrogens (tertiary/aromatic N) is 2. The maximum atomic E-state index is 14.8. The Morgan fingerprint density at radius 2 is 1.97 bits per heavy atom. The van der Waals surface area contributed by atoms with Crippen LogP contribution in [0.2, 0.25) is 0 Å². The molecule has 3 N–H and O–H groups in total. The summed E-state index contributed by atoms with van der Waals surface area (Å²) >= 11 is 0. The van der Waals surface area contributed by atoms with E-state index in [-0.39, 0.29) is 11.6 Å². The van der Waals surface area contributed by atoms with Crippen LogP contribution in [0.1, 0.15) is 13.0 Å². The van der Waals surface area contributed by atoms with Crippen LogP contribution in [0, 0.1) is 0 Å². The molecule has 0 aliphatic heterocycles. The fourth-order valence-corrected chi connectivity index (χ4v) is 3.14. The Balaban J connectivity index is 2.05. The first-order chi connectivity index (χ1) is 13.7. The van der Waals surface area contributed by atoms with Crippen LogP contribution in [0.25, 0.3) is 0 Å². The number of aliphatic hydroxyl groups is 1. The van der Waals surface area contributed by atoms with E-state index in [1.807, 2.05) is 0 Å². The lowest BCUT2D eigenvalue weighted by molar-refractivity contribution is -0.185. The minimum absolute atomic E-state index is 0.117. The van der Waals surface area contributed by atoms with Crippen LogP contribution in [-0.4, -0.2) is 46.5 Å². The highest BCUT2D eigenvalue weighted by atomic mass is 31.1. The lowest BCUT2D eigenvalue weighted by atomic mass is 10.0. The molecule has 2 rings (SSSR count). The second kappa shape index (κ2) is 9.93. The summed E-state index contributed by atoms with van der Waals surface area (Å²) < 4.78 is 57.0. The Bertz CT molecular complexity index is 883. The van der Waals surface area contributed by atoms with Crippen LogP contribution >= 0.6 is 8.25 Å². The highest BCUT2D eigenvalue weighted by molar-refractivity contribution is 7.33. The maximum absolute atomic E-state index is 14.8. The molecule has 0 bridgehead atoms. The van der Waals surface area contributed by atoms with Crippen LogP contribution in [0.15, 0.2) is 47.4 Å². The van der Waals surface area contributed by atoms with Crippen molar-refractivity contribution >= 4 is 14.1 Å². The van der Waals surface area contributed by atoms with Gasteiger partial charge in [-0.25, -0.2) is 18.1 Å². The molecule has 0 aliphatic carbocycles. The summed E-state index contributed by atoms with van der Waals surface area (Å²) in [5.74, 6) is -3.66. The van der Waals surface area contributed by atoms with Gasteiger partial charge in [-0.1, -0.05) is 18.2 Å². The quantitative estimate of drug-likeness (QED) is 0.544. The van der Waals surface area contributed by atoms with Crippen molar-refractivity contribution in [1.29, 1.82) is 0 Å². The molecule has 0 saturated heterocycles. The minimum Gasteiger partial charge on any atom is -0.426 e. The molecule has 12 heteroatoms. The van der Waals surface area contributed by atoms with Crippen molar-refractivity contribution in [1.82, 2.24) is 9.55 Å². The number of alkyl halides is 2. The molecule has 1 aromatic heterocycles. The van der Waals surface area contributed by atoms with Gasteiger partial charge in [0.05, 0.1) is 6.61 Å². The molecule has 0 fully saturated rings. The van der Waals surface area contributed by atoms with E-state index in [1.54, 1.807) is 30.3 Å². The predicted octanol–water partition coefficient (Wildman–Crippen LogP) is 1.88. The molecular weight excluding hydrogens is 411 g/mol. The summed E-state index contributed by atoms with van der Waals surface area (Å²) in [6, 6.07) is 7.54. The van der Waals surface area contributed by atoms with Gasteiger partial charge in [0.25, 0.3) is 5.92 Å². The van der Waals surface area contributed by atoms with Gasteiger partial charge in [-0.3, -0.25) is 9.09 Å². The van der Waals surface area contributed by atoms with Crippen molar-refractivity contribution in [3.05, 3.63) is 53.1 Å². The Kier molecular flexibility index (Phi) is 7.86. The number of hydrogen-bond acceptors (Lipinski definition) is 8. The number of halogens is 2. The van der Waals surface area contributed by atoms with Crippen molar-refractivity contribution in [2.45, 2.75) is 31.1 Å². The molecule has 9 nitrogen and oxygen atoms in total. The molecule has 29 heavy (non-hydrogen) atoms. The van der Waals surface area contributed by atoms with E-state index in [4.69, 9.17) is 19.5 Å². The van der Waals surface area contributed by atoms with E-state index >= 15 is 0 Å². The van der Waals surface area contributed by atoms with Gasteiger partial charge in [-0.15, -0.1) is 0 Å². The number of hydrogen-bond donors (Lipinski definition) is 2. The van der Waals surface area contributed by atoms with Gasteiger partial charge in [0.2, 0.25) is 0 Å². The molecule has 2 unspecified atom stereocenters. The first kappa shape index (κ1) is 23.0. The fraction of sp³-hybridized carbons (Fsp3) is 0.412. The summed E-state index contributed by atoms with van der Waals surface area (Å²) in [6.45, 7) is 0.414. The maximum Gasteiger partial charge on any atom is 0.367 e. The van der Waals surface area contributed by atoms with E-state index < -0.39 is 44.7 Å². The van der Waals surface area contributed by atoms with Crippen LogP contribution in [0.4, 0.5) is 14.6 Å². The van der Waals surface area contributed by atoms with Gasteiger partial charge in [0.1, 0.15) is 29.8 Å². The zero-order valence-corrected chi connectivity index (χ0v) is 16.7. The standard InChI is InChI=1S/C17H22F2N3O6P/c1-11(22-9-8-14(20)21-16(22)24)17(18,19)15(23)13(26-2)10-27-29(25)28-12-6-4-3-5-7-12/h3-9,11,13,15,23,29H,10H2,1-2H3,(H2,20,21,24)/t11-,13?,15+/m1/s1. The molecule has 2 aromatic rings. The van der Waals surface area contributed by atoms with Crippen molar-refractivity contribution in [3.63, 3.8) is 0 Å². The third-order valence-corrected chi connectivity index (χ3v) is 4.99. The van der Waals surface area contributed by atoms with E-state index in [0.717, 1.165) is 20.2 Å². The Hall–Kier alpha value is -2.33. The molecule has 0 radical (unpaired) electrons. The summed E-state index contributed by atoms with van der Waals surface area (Å²) in [5.41, 5.74) is 4.36. The van der Waals surface area contributed by atoms with Crippen LogP contribution < -0.4 is 15.9 Å². The molecule has 0 saturated carbocycles. The van der Waals surface area contributed by atoms with E-state index in [0.29, 0.717) is 4.57 Å². The van der Waals surface area contributed by atoms with E-state index in [2.05, 4.69) is 4.98 Å². The number of nitrogen functional groups attached to an aromatic ring is 1. The average molecular weight is 433 g/mol. The van der Waals surface area contributed by atoms with Gasteiger partial charge in [0, 0.05) is 13.3 Å². The second-order valence-electron chi connectivity index (χ2n) is 6.09. The number of ether oxygens (including phenoxy) is 1. The second-order valence-corrected chi connectivity index (χ2v) is 7.08. The van der Waals surface area contributed by atoms with Crippen molar-refractivity contribution in [2.24, 2.45) is 0 Å². The molecule has 0 aliphatic rings. The van der Waals surface area contributed by atoms with Gasteiger partial charge < -0.3 is 20.1 Å². The summed E-state index contributed by atoms with van der Waals surface area (Å²) in [4.78, 5) is 15.2. The molecule has 160 valence electrons. The normalized spacial score (nSPS) is 16.0. The Morgan fingerprint density at radius 3 is 2.55 bits per heavy atom. The average Bonchev–Trinajstić information content (AvgIpc) is 2.68. The largest absolute Gasteiger partial charge is 0.426 e. The third kappa shape index (κ3) is 5.83. The van der Waals surface area contributed by atoms with Gasteiger partial charge in [-0.2, -0.15) is 4.98 Å². The fourth-order valence-electron chi connectivity index (χ4n) is 2.45. The minimum atomic E-state index is -3.82. The molecule has 0 spiro atoms. The highest BCUT2D eigenvalue weighted by Crippen LogP contribution is 2.35. The molecule has 4 atom stereocenters. The van der Waals surface area contributed by atoms with Gasteiger partial charge in [-0.05, 0) is 25.1 Å². The number of aliphatic hydroxyl groups excluding tert-OH is 1. The monoisotopic (exact) mass is 433 g/mol. The lowest BCUT2D eigenvalue weighted by Crippen LogP contribution is -2.51. The Labute approximate surface area is 166 Å². The highest BCUT2D eigenvalue weighted by Gasteiger charge is 2.49. The first-order valence-corrected chi connectivity index (χ1v) is 9.72. The topological polar surface area (TPSA) is 126 Å². The lowest BCUT2D eigenvalue weighted by Gasteiger charge is -2.33. The van der Waals surface area contributed by atoms with Crippen molar-refractivity contribution in [2.75, 3.05) is 19.5 Å².